The summed E-state index contributed by atoms with van der Waals surface area (Å²) in [7, 11) is 0. The molecule has 1 fully saturated rings. The van der Waals surface area contributed by atoms with Gasteiger partial charge in [-0.1, -0.05) is 6.92 Å². The summed E-state index contributed by atoms with van der Waals surface area (Å²) in [6, 6.07) is 4.76. The number of rotatable bonds is 4. The van der Waals surface area contributed by atoms with Gasteiger partial charge in [-0.2, -0.15) is 0 Å². The van der Waals surface area contributed by atoms with E-state index in [9.17, 15) is 4.79 Å². The standard InChI is InChI=1S/C15H21NO2S/c1-11-3-4-12(2)16(9-11)10-14-6-5-13(19-14)7-8-15(17)18/h5-8,11-12H,3-4,9-10H2,1-2H3,(H,17,18). The smallest absolute Gasteiger partial charge is 0.328 e. The number of piperidine rings is 1. The number of thiophene rings is 1. The molecule has 19 heavy (non-hydrogen) atoms. The molecule has 3 nitrogen and oxygen atoms in total. The second-order valence-corrected chi connectivity index (χ2v) is 6.64. The van der Waals surface area contributed by atoms with Gasteiger partial charge in [0.05, 0.1) is 0 Å². The molecule has 1 aromatic rings. The van der Waals surface area contributed by atoms with Crippen LogP contribution in [0.3, 0.4) is 0 Å². The van der Waals surface area contributed by atoms with Gasteiger partial charge in [-0.15, -0.1) is 11.3 Å². The maximum absolute atomic E-state index is 10.5. The monoisotopic (exact) mass is 279 g/mol. The molecule has 4 heteroatoms. The van der Waals surface area contributed by atoms with Crippen molar-refractivity contribution >= 4 is 23.4 Å². The Bertz CT molecular complexity index is 466. The van der Waals surface area contributed by atoms with E-state index in [2.05, 4.69) is 24.8 Å². The van der Waals surface area contributed by atoms with Crippen molar-refractivity contribution in [3.05, 3.63) is 28.0 Å². The number of hydrogen-bond donors (Lipinski definition) is 1. The van der Waals surface area contributed by atoms with E-state index < -0.39 is 5.97 Å². The predicted octanol–water partition coefficient (Wildman–Crippen LogP) is 3.47. The van der Waals surface area contributed by atoms with Crippen molar-refractivity contribution in [2.24, 2.45) is 5.92 Å². The summed E-state index contributed by atoms with van der Waals surface area (Å²) in [5, 5.41) is 8.62. The first kappa shape index (κ1) is 14.3. The molecule has 0 amide bonds. The summed E-state index contributed by atoms with van der Waals surface area (Å²) < 4.78 is 0. The first-order valence-corrected chi connectivity index (χ1v) is 7.60. The third-order valence-electron chi connectivity index (χ3n) is 3.68. The van der Waals surface area contributed by atoms with E-state index in [4.69, 9.17) is 5.11 Å². The lowest BCUT2D eigenvalue weighted by Gasteiger charge is -2.36. The van der Waals surface area contributed by atoms with E-state index in [1.54, 1.807) is 17.4 Å². The predicted molar refractivity (Wildman–Crippen MR) is 79.3 cm³/mol. The minimum atomic E-state index is -0.895. The van der Waals surface area contributed by atoms with Crippen LogP contribution in [0.4, 0.5) is 0 Å². The number of hydrogen-bond acceptors (Lipinski definition) is 3. The fourth-order valence-corrected chi connectivity index (χ4v) is 3.46. The lowest BCUT2D eigenvalue weighted by molar-refractivity contribution is -0.131. The molecule has 1 aromatic heterocycles. The van der Waals surface area contributed by atoms with Crippen molar-refractivity contribution < 1.29 is 9.90 Å². The number of aliphatic carboxylic acids is 1. The zero-order valence-electron chi connectivity index (χ0n) is 11.5. The average molecular weight is 279 g/mol. The van der Waals surface area contributed by atoms with Crippen molar-refractivity contribution in [2.45, 2.75) is 39.3 Å². The molecule has 2 rings (SSSR count). The Morgan fingerprint density at radius 1 is 1.47 bits per heavy atom. The van der Waals surface area contributed by atoms with Crippen LogP contribution in [0.15, 0.2) is 18.2 Å². The number of nitrogens with zero attached hydrogens (tertiary/aromatic N) is 1. The molecule has 0 saturated carbocycles. The Morgan fingerprint density at radius 3 is 3.00 bits per heavy atom. The van der Waals surface area contributed by atoms with Crippen LogP contribution in [0.2, 0.25) is 0 Å². The summed E-state index contributed by atoms with van der Waals surface area (Å²) in [5.41, 5.74) is 0. The van der Waals surface area contributed by atoms with Crippen LogP contribution in [-0.2, 0) is 11.3 Å². The second-order valence-electron chi connectivity index (χ2n) is 5.44. The van der Waals surface area contributed by atoms with E-state index in [1.165, 1.54) is 30.3 Å². The quantitative estimate of drug-likeness (QED) is 0.858. The lowest BCUT2D eigenvalue weighted by Crippen LogP contribution is -2.40. The Kier molecular flexibility index (Phi) is 4.77. The molecule has 1 aliphatic rings. The summed E-state index contributed by atoms with van der Waals surface area (Å²) in [6.45, 7) is 6.76. The van der Waals surface area contributed by atoms with Crippen LogP contribution in [0.25, 0.3) is 6.08 Å². The van der Waals surface area contributed by atoms with E-state index in [-0.39, 0.29) is 0 Å². The van der Waals surface area contributed by atoms with Crippen LogP contribution in [0.5, 0.6) is 0 Å². The van der Waals surface area contributed by atoms with Gasteiger partial charge in [0.1, 0.15) is 0 Å². The highest BCUT2D eigenvalue weighted by Gasteiger charge is 2.22. The van der Waals surface area contributed by atoms with E-state index >= 15 is 0 Å². The molecule has 1 aliphatic heterocycles. The number of carbonyl (C=O) groups is 1. The van der Waals surface area contributed by atoms with Crippen LogP contribution < -0.4 is 0 Å². The van der Waals surface area contributed by atoms with Crippen LogP contribution in [-0.4, -0.2) is 28.6 Å². The van der Waals surface area contributed by atoms with Crippen LogP contribution in [0.1, 0.15) is 36.4 Å². The molecular formula is C15H21NO2S. The Morgan fingerprint density at radius 2 is 2.26 bits per heavy atom. The third-order valence-corrected chi connectivity index (χ3v) is 4.71. The van der Waals surface area contributed by atoms with Crippen LogP contribution in [0, 0.1) is 5.92 Å². The van der Waals surface area contributed by atoms with Gasteiger partial charge in [-0.3, -0.25) is 4.90 Å². The van der Waals surface area contributed by atoms with Gasteiger partial charge in [0.25, 0.3) is 0 Å². The Hall–Kier alpha value is -1.13. The highest BCUT2D eigenvalue weighted by atomic mass is 32.1. The van der Waals surface area contributed by atoms with Gasteiger partial charge in [0.15, 0.2) is 0 Å². The molecule has 0 bridgehead atoms. The molecule has 0 aromatic carbocycles. The Balaban J connectivity index is 1.97. The fraction of sp³-hybridized carbons (Fsp3) is 0.533. The average Bonchev–Trinajstić information content (AvgIpc) is 2.79. The van der Waals surface area contributed by atoms with Gasteiger partial charge in [-0.05, 0) is 43.9 Å². The normalized spacial score (nSPS) is 24.9. The highest BCUT2D eigenvalue weighted by Crippen LogP contribution is 2.26. The summed E-state index contributed by atoms with van der Waals surface area (Å²) in [6.07, 6.45) is 5.47. The van der Waals surface area contributed by atoms with E-state index in [1.807, 2.05) is 6.07 Å². The maximum Gasteiger partial charge on any atom is 0.328 e. The first-order chi connectivity index (χ1) is 9.04. The number of carboxylic acids is 1. The summed E-state index contributed by atoms with van der Waals surface area (Å²) in [4.78, 5) is 15.3. The topological polar surface area (TPSA) is 40.5 Å². The molecule has 0 radical (unpaired) electrons. The van der Waals surface area contributed by atoms with Crippen molar-refractivity contribution in [1.29, 1.82) is 0 Å². The van der Waals surface area contributed by atoms with Crippen molar-refractivity contribution in [3.8, 4) is 0 Å². The zero-order valence-corrected chi connectivity index (χ0v) is 12.3. The molecule has 2 unspecified atom stereocenters. The third kappa shape index (κ3) is 4.18. The molecule has 0 spiro atoms. The molecule has 104 valence electrons. The van der Waals surface area contributed by atoms with Gasteiger partial charge < -0.3 is 5.11 Å². The van der Waals surface area contributed by atoms with Crippen molar-refractivity contribution in [3.63, 3.8) is 0 Å². The van der Waals surface area contributed by atoms with Crippen molar-refractivity contribution in [1.82, 2.24) is 4.90 Å². The molecule has 1 N–H and O–H groups in total. The second kappa shape index (κ2) is 6.35. The van der Waals surface area contributed by atoms with Gasteiger partial charge in [0, 0.05) is 35.0 Å². The van der Waals surface area contributed by atoms with Crippen molar-refractivity contribution in [2.75, 3.05) is 6.54 Å². The lowest BCUT2D eigenvalue weighted by atomic mass is 9.95. The Labute approximate surface area is 118 Å². The number of likely N-dealkylation sites (tertiary alicyclic amines) is 1. The zero-order chi connectivity index (χ0) is 13.8. The van der Waals surface area contributed by atoms with Crippen LogP contribution >= 0.6 is 11.3 Å². The van der Waals surface area contributed by atoms with E-state index in [0.29, 0.717) is 6.04 Å². The SMILES string of the molecule is CC1CCC(C)N(Cc2ccc(C=CC(=O)O)s2)C1. The molecule has 0 aliphatic carbocycles. The molecule has 1 saturated heterocycles. The van der Waals surface area contributed by atoms with Gasteiger partial charge in [-0.25, -0.2) is 4.79 Å². The fourth-order valence-electron chi connectivity index (χ4n) is 2.52. The highest BCUT2D eigenvalue weighted by molar-refractivity contribution is 7.12. The molecule has 2 atom stereocenters. The molecule has 2 heterocycles. The summed E-state index contributed by atoms with van der Waals surface area (Å²) in [5.74, 6) is -0.115. The minimum absolute atomic E-state index is 0.649. The van der Waals surface area contributed by atoms with E-state index in [0.717, 1.165) is 17.3 Å². The summed E-state index contributed by atoms with van der Waals surface area (Å²) >= 11 is 1.68. The molecular weight excluding hydrogens is 258 g/mol. The maximum atomic E-state index is 10.5. The van der Waals surface area contributed by atoms with Gasteiger partial charge in [0.2, 0.25) is 0 Å². The largest absolute Gasteiger partial charge is 0.478 e. The first-order valence-electron chi connectivity index (χ1n) is 6.78. The minimum Gasteiger partial charge on any atom is -0.478 e. The number of carboxylic acid groups (broad SMARTS) is 1. The van der Waals surface area contributed by atoms with Gasteiger partial charge >= 0.3 is 5.97 Å².